The van der Waals surface area contributed by atoms with Gasteiger partial charge in [0.05, 0.1) is 0 Å². The number of nitrogens with one attached hydrogen (secondary N) is 1. The third-order valence-corrected chi connectivity index (χ3v) is 3.81. The minimum absolute atomic E-state index is 0.114. The Kier molecular flexibility index (Phi) is 3.82. The summed E-state index contributed by atoms with van der Waals surface area (Å²) in [6.45, 7) is 6.47. The average molecular weight is 235 g/mol. The van der Waals surface area contributed by atoms with Crippen LogP contribution in [0.1, 0.15) is 38.7 Å². The molecule has 1 saturated carbocycles. The van der Waals surface area contributed by atoms with Gasteiger partial charge in [-0.2, -0.15) is 0 Å². The van der Waals surface area contributed by atoms with Crippen LogP contribution in [-0.4, -0.2) is 13.1 Å². The van der Waals surface area contributed by atoms with Crippen molar-refractivity contribution < 1.29 is 4.39 Å². The van der Waals surface area contributed by atoms with Crippen molar-refractivity contribution in [2.24, 2.45) is 5.92 Å². The summed E-state index contributed by atoms with van der Waals surface area (Å²) in [5.41, 5.74) is 1.34. The van der Waals surface area contributed by atoms with Crippen LogP contribution in [0.2, 0.25) is 0 Å². The van der Waals surface area contributed by atoms with Crippen molar-refractivity contribution in [1.82, 2.24) is 5.32 Å². The lowest BCUT2D eigenvalue weighted by atomic mass is 9.59. The number of halogens is 1. The third-order valence-electron chi connectivity index (χ3n) is 3.81. The van der Waals surface area contributed by atoms with Crippen LogP contribution in [0.5, 0.6) is 0 Å². The van der Waals surface area contributed by atoms with E-state index in [0.29, 0.717) is 0 Å². The molecule has 0 spiro atoms. The molecule has 0 saturated heterocycles. The molecule has 17 heavy (non-hydrogen) atoms. The van der Waals surface area contributed by atoms with Gasteiger partial charge in [0.25, 0.3) is 0 Å². The van der Waals surface area contributed by atoms with Crippen LogP contribution in [0.25, 0.3) is 0 Å². The Morgan fingerprint density at radius 1 is 1.41 bits per heavy atom. The summed E-state index contributed by atoms with van der Waals surface area (Å²) >= 11 is 0. The molecule has 0 bridgehead atoms. The maximum atomic E-state index is 13.3. The van der Waals surface area contributed by atoms with Crippen LogP contribution < -0.4 is 5.32 Å². The van der Waals surface area contributed by atoms with Crippen molar-refractivity contribution in [2.45, 2.75) is 38.5 Å². The van der Waals surface area contributed by atoms with Crippen LogP contribution in [-0.2, 0) is 5.41 Å². The Hall–Kier alpha value is -0.890. The Morgan fingerprint density at radius 2 is 2.18 bits per heavy atom. The number of hydrogen-bond donors (Lipinski definition) is 1. The first-order valence-corrected chi connectivity index (χ1v) is 6.63. The monoisotopic (exact) mass is 235 g/mol. The summed E-state index contributed by atoms with van der Waals surface area (Å²) in [6, 6.07) is 7.14. The Balaban J connectivity index is 2.11. The van der Waals surface area contributed by atoms with Gasteiger partial charge in [-0.05, 0) is 49.4 Å². The van der Waals surface area contributed by atoms with E-state index in [-0.39, 0.29) is 11.2 Å². The van der Waals surface area contributed by atoms with Crippen molar-refractivity contribution in [3.8, 4) is 0 Å². The van der Waals surface area contributed by atoms with Crippen molar-refractivity contribution in [3.05, 3.63) is 35.6 Å². The van der Waals surface area contributed by atoms with Crippen molar-refractivity contribution in [3.63, 3.8) is 0 Å². The SMILES string of the molecule is CCCNCC1(c2cccc(F)c2)CC(C)C1. The standard InChI is InChI=1S/C15H22FN/c1-3-7-17-11-15(9-12(2)10-15)13-5-4-6-14(16)8-13/h4-6,8,12,17H,3,7,9-11H2,1-2H3. The largest absolute Gasteiger partial charge is 0.316 e. The van der Waals surface area contributed by atoms with E-state index >= 15 is 0 Å². The van der Waals surface area contributed by atoms with Crippen LogP contribution in [0.15, 0.2) is 24.3 Å². The van der Waals surface area contributed by atoms with Gasteiger partial charge in [-0.1, -0.05) is 26.0 Å². The minimum Gasteiger partial charge on any atom is -0.316 e. The van der Waals surface area contributed by atoms with Gasteiger partial charge in [-0.3, -0.25) is 0 Å². The van der Waals surface area contributed by atoms with Crippen LogP contribution >= 0.6 is 0 Å². The molecule has 0 atom stereocenters. The lowest BCUT2D eigenvalue weighted by Gasteiger charge is -2.47. The highest BCUT2D eigenvalue weighted by atomic mass is 19.1. The van der Waals surface area contributed by atoms with Crippen molar-refractivity contribution in [1.29, 1.82) is 0 Å². The van der Waals surface area contributed by atoms with Gasteiger partial charge in [0.1, 0.15) is 5.82 Å². The second-order valence-corrected chi connectivity index (χ2v) is 5.48. The molecule has 1 N–H and O–H groups in total. The lowest BCUT2D eigenvalue weighted by molar-refractivity contribution is 0.152. The molecule has 0 aromatic heterocycles. The molecule has 2 heteroatoms. The van der Waals surface area contributed by atoms with Gasteiger partial charge in [-0.15, -0.1) is 0 Å². The predicted octanol–water partition coefficient (Wildman–Crippen LogP) is 3.49. The van der Waals surface area contributed by atoms with Gasteiger partial charge in [-0.25, -0.2) is 4.39 Å². The molecule has 0 amide bonds. The summed E-state index contributed by atoms with van der Waals surface area (Å²) in [5, 5.41) is 3.49. The number of hydrogen-bond acceptors (Lipinski definition) is 1. The van der Waals surface area contributed by atoms with E-state index < -0.39 is 0 Å². The highest BCUT2D eigenvalue weighted by molar-refractivity contribution is 5.30. The summed E-state index contributed by atoms with van der Waals surface area (Å²) < 4.78 is 13.3. The fraction of sp³-hybridized carbons (Fsp3) is 0.600. The van der Waals surface area contributed by atoms with Crippen molar-refractivity contribution in [2.75, 3.05) is 13.1 Å². The van der Waals surface area contributed by atoms with Crippen LogP contribution in [0, 0.1) is 11.7 Å². The van der Waals surface area contributed by atoms with E-state index in [1.165, 1.54) is 24.5 Å². The molecular formula is C15H22FN. The lowest BCUT2D eigenvalue weighted by Crippen LogP contribution is -2.48. The molecule has 0 radical (unpaired) electrons. The van der Waals surface area contributed by atoms with E-state index in [1.807, 2.05) is 6.07 Å². The Morgan fingerprint density at radius 3 is 2.76 bits per heavy atom. The zero-order chi connectivity index (χ0) is 12.3. The highest BCUT2D eigenvalue weighted by Crippen LogP contribution is 2.47. The first-order chi connectivity index (χ1) is 8.16. The molecule has 94 valence electrons. The molecule has 1 fully saturated rings. The molecule has 2 rings (SSSR count). The molecule has 0 unspecified atom stereocenters. The summed E-state index contributed by atoms with van der Waals surface area (Å²) in [4.78, 5) is 0. The zero-order valence-electron chi connectivity index (χ0n) is 10.8. The second kappa shape index (κ2) is 5.18. The quantitative estimate of drug-likeness (QED) is 0.770. The smallest absolute Gasteiger partial charge is 0.123 e. The topological polar surface area (TPSA) is 12.0 Å². The molecule has 1 aromatic rings. The van der Waals surface area contributed by atoms with E-state index in [9.17, 15) is 4.39 Å². The second-order valence-electron chi connectivity index (χ2n) is 5.48. The first-order valence-electron chi connectivity index (χ1n) is 6.63. The fourth-order valence-corrected chi connectivity index (χ4v) is 3.08. The maximum Gasteiger partial charge on any atom is 0.123 e. The number of rotatable bonds is 5. The molecule has 0 aliphatic heterocycles. The van der Waals surface area contributed by atoms with Crippen LogP contribution in [0.3, 0.4) is 0 Å². The van der Waals surface area contributed by atoms with Gasteiger partial charge in [0, 0.05) is 12.0 Å². The summed E-state index contributed by atoms with van der Waals surface area (Å²) in [7, 11) is 0. The molecule has 1 aromatic carbocycles. The predicted molar refractivity (Wildman–Crippen MR) is 69.6 cm³/mol. The van der Waals surface area contributed by atoms with E-state index in [1.54, 1.807) is 6.07 Å². The van der Waals surface area contributed by atoms with Gasteiger partial charge in [0.2, 0.25) is 0 Å². The summed E-state index contributed by atoms with van der Waals surface area (Å²) in [6.07, 6.45) is 3.50. The number of benzene rings is 1. The van der Waals surface area contributed by atoms with Crippen LogP contribution in [0.4, 0.5) is 4.39 Å². The highest BCUT2D eigenvalue weighted by Gasteiger charge is 2.42. The fourth-order valence-electron chi connectivity index (χ4n) is 3.08. The summed E-state index contributed by atoms with van der Waals surface area (Å²) in [5.74, 6) is 0.651. The molecule has 1 aliphatic carbocycles. The third kappa shape index (κ3) is 2.68. The van der Waals surface area contributed by atoms with E-state index in [0.717, 1.165) is 25.4 Å². The molecular weight excluding hydrogens is 213 g/mol. The first kappa shape index (κ1) is 12.6. The van der Waals surface area contributed by atoms with Gasteiger partial charge >= 0.3 is 0 Å². The van der Waals surface area contributed by atoms with Gasteiger partial charge < -0.3 is 5.32 Å². The van der Waals surface area contributed by atoms with E-state index in [4.69, 9.17) is 0 Å². The molecule has 0 heterocycles. The molecule has 1 nitrogen and oxygen atoms in total. The molecule has 1 aliphatic rings. The average Bonchev–Trinajstić information content (AvgIpc) is 2.26. The zero-order valence-corrected chi connectivity index (χ0v) is 10.8. The van der Waals surface area contributed by atoms with Crippen molar-refractivity contribution >= 4 is 0 Å². The normalized spacial score (nSPS) is 27.8. The minimum atomic E-state index is -0.114. The van der Waals surface area contributed by atoms with Gasteiger partial charge in [0.15, 0.2) is 0 Å². The van der Waals surface area contributed by atoms with E-state index in [2.05, 4.69) is 25.2 Å². The Bertz CT molecular complexity index is 369. The Labute approximate surface area is 103 Å². The maximum absolute atomic E-state index is 13.3.